The van der Waals surface area contributed by atoms with E-state index in [0.717, 1.165) is 12.8 Å². The monoisotopic (exact) mass is 348 g/mol. The van der Waals surface area contributed by atoms with Gasteiger partial charge >= 0.3 is 0 Å². The van der Waals surface area contributed by atoms with Gasteiger partial charge < -0.3 is 0 Å². The Balaban J connectivity index is 1.48. The Morgan fingerprint density at radius 2 is 1.78 bits per heavy atom. The van der Waals surface area contributed by atoms with Gasteiger partial charge in [-0.1, -0.05) is 78.9 Å². The van der Waals surface area contributed by atoms with Gasteiger partial charge in [0.25, 0.3) is 0 Å². The molecule has 0 aromatic heterocycles. The lowest BCUT2D eigenvalue weighted by Crippen LogP contribution is -1.97. The number of benzene rings is 2. The van der Waals surface area contributed by atoms with E-state index in [2.05, 4.69) is 87.2 Å². The van der Waals surface area contributed by atoms with Crippen LogP contribution in [-0.2, 0) is 0 Å². The Morgan fingerprint density at radius 3 is 2.59 bits per heavy atom. The van der Waals surface area contributed by atoms with Gasteiger partial charge in [-0.15, -0.1) is 0 Å². The van der Waals surface area contributed by atoms with Crippen LogP contribution in [0.5, 0.6) is 0 Å². The van der Waals surface area contributed by atoms with Gasteiger partial charge in [0.05, 0.1) is 0 Å². The maximum atomic E-state index is 4.51. The minimum Gasteiger partial charge on any atom is -0.0946 e. The van der Waals surface area contributed by atoms with Crippen LogP contribution in [0.3, 0.4) is 0 Å². The molecule has 132 valence electrons. The van der Waals surface area contributed by atoms with E-state index < -0.39 is 0 Å². The molecule has 3 aliphatic rings. The van der Waals surface area contributed by atoms with Gasteiger partial charge in [-0.3, -0.25) is 0 Å². The molecular weight excluding hydrogens is 324 g/mol. The fraction of sp³-hybridized carbons (Fsp3) is 0.185. The molecule has 3 aliphatic carbocycles. The van der Waals surface area contributed by atoms with Crippen molar-refractivity contribution in [2.75, 3.05) is 0 Å². The molecule has 1 unspecified atom stereocenters. The average Bonchev–Trinajstić information content (AvgIpc) is 3.33. The van der Waals surface area contributed by atoms with Crippen molar-refractivity contribution < 1.29 is 0 Å². The summed E-state index contributed by atoms with van der Waals surface area (Å²) < 4.78 is 0. The molecule has 0 spiro atoms. The molecule has 0 amide bonds. The second kappa shape index (κ2) is 6.09. The van der Waals surface area contributed by atoms with E-state index in [1.165, 1.54) is 55.7 Å². The molecule has 2 aromatic carbocycles. The Hall–Kier alpha value is -2.86. The SMILES string of the molecule is C=C1C(=CC2=CCC=C2c2ccccc2)CC2=Cc3cc(C)c(C)cc3C12. The van der Waals surface area contributed by atoms with Gasteiger partial charge in [0.1, 0.15) is 0 Å². The van der Waals surface area contributed by atoms with Crippen LogP contribution in [-0.4, -0.2) is 0 Å². The zero-order valence-corrected chi connectivity index (χ0v) is 16.0. The summed E-state index contributed by atoms with van der Waals surface area (Å²) >= 11 is 0. The van der Waals surface area contributed by atoms with Gasteiger partial charge in [0.2, 0.25) is 0 Å². The first-order valence-corrected chi connectivity index (χ1v) is 9.79. The highest BCUT2D eigenvalue weighted by Gasteiger charge is 2.35. The zero-order valence-electron chi connectivity index (χ0n) is 16.0. The van der Waals surface area contributed by atoms with Crippen LogP contribution in [0, 0.1) is 13.8 Å². The number of allylic oxidation sites excluding steroid dienone is 8. The van der Waals surface area contributed by atoms with E-state index in [1.807, 2.05) is 0 Å². The molecule has 0 aliphatic heterocycles. The summed E-state index contributed by atoms with van der Waals surface area (Å²) in [6, 6.07) is 15.4. The highest BCUT2D eigenvalue weighted by molar-refractivity contribution is 5.85. The van der Waals surface area contributed by atoms with Crippen molar-refractivity contribution in [3.05, 3.63) is 117 Å². The van der Waals surface area contributed by atoms with Crippen molar-refractivity contribution in [1.82, 2.24) is 0 Å². The Morgan fingerprint density at radius 1 is 1.00 bits per heavy atom. The maximum absolute atomic E-state index is 4.51. The van der Waals surface area contributed by atoms with Crippen molar-refractivity contribution in [2.45, 2.75) is 32.6 Å². The molecule has 0 N–H and O–H groups in total. The number of aryl methyl sites for hydroxylation is 2. The van der Waals surface area contributed by atoms with Crippen LogP contribution in [0.15, 0.2) is 89.6 Å². The van der Waals surface area contributed by atoms with Gasteiger partial charge in [0, 0.05) is 5.92 Å². The summed E-state index contributed by atoms with van der Waals surface area (Å²) in [6.07, 6.45) is 11.5. The lowest BCUT2D eigenvalue weighted by Gasteiger charge is -2.14. The third kappa shape index (κ3) is 2.59. The largest absolute Gasteiger partial charge is 0.0946 e. The van der Waals surface area contributed by atoms with Crippen LogP contribution in [0.25, 0.3) is 11.6 Å². The molecule has 0 heterocycles. The van der Waals surface area contributed by atoms with E-state index in [1.54, 1.807) is 0 Å². The van der Waals surface area contributed by atoms with Crippen molar-refractivity contribution in [3.8, 4) is 0 Å². The van der Waals surface area contributed by atoms with E-state index in [-0.39, 0.29) is 0 Å². The first kappa shape index (κ1) is 16.3. The third-order valence-corrected chi connectivity index (χ3v) is 6.26. The predicted octanol–water partition coefficient (Wildman–Crippen LogP) is 7.08. The van der Waals surface area contributed by atoms with E-state index in [0.29, 0.717) is 5.92 Å². The lowest BCUT2D eigenvalue weighted by molar-refractivity contribution is 1.02. The van der Waals surface area contributed by atoms with Crippen LogP contribution in [0.2, 0.25) is 0 Å². The molecule has 1 saturated carbocycles. The molecule has 27 heavy (non-hydrogen) atoms. The molecule has 0 saturated heterocycles. The minimum atomic E-state index is 0.386. The number of hydrogen-bond donors (Lipinski definition) is 0. The van der Waals surface area contributed by atoms with Crippen molar-refractivity contribution in [2.24, 2.45) is 0 Å². The molecule has 2 aromatic rings. The Bertz CT molecular complexity index is 1080. The number of hydrogen-bond acceptors (Lipinski definition) is 0. The molecule has 0 radical (unpaired) electrons. The molecule has 1 fully saturated rings. The molecule has 5 rings (SSSR count). The summed E-state index contributed by atoms with van der Waals surface area (Å²) in [6.45, 7) is 8.92. The average molecular weight is 348 g/mol. The topological polar surface area (TPSA) is 0 Å². The zero-order chi connectivity index (χ0) is 18.5. The van der Waals surface area contributed by atoms with Crippen LogP contribution in [0.1, 0.15) is 46.6 Å². The fourth-order valence-corrected chi connectivity index (χ4v) is 4.70. The van der Waals surface area contributed by atoms with Crippen LogP contribution < -0.4 is 0 Å². The van der Waals surface area contributed by atoms with Gasteiger partial charge in [-0.25, -0.2) is 0 Å². The van der Waals surface area contributed by atoms with E-state index in [9.17, 15) is 0 Å². The van der Waals surface area contributed by atoms with Gasteiger partial charge in [0.15, 0.2) is 0 Å². The summed E-state index contributed by atoms with van der Waals surface area (Å²) in [5.41, 5.74) is 13.8. The summed E-state index contributed by atoms with van der Waals surface area (Å²) in [5.74, 6) is 0.386. The van der Waals surface area contributed by atoms with Crippen molar-refractivity contribution in [1.29, 1.82) is 0 Å². The fourth-order valence-electron chi connectivity index (χ4n) is 4.70. The molecule has 0 bridgehead atoms. The summed E-state index contributed by atoms with van der Waals surface area (Å²) in [7, 11) is 0. The van der Waals surface area contributed by atoms with E-state index >= 15 is 0 Å². The normalized spacial score (nSPS) is 21.9. The van der Waals surface area contributed by atoms with Gasteiger partial charge in [-0.05, 0) is 76.8 Å². The molecule has 0 heteroatoms. The second-order valence-electron chi connectivity index (χ2n) is 7.97. The molecule has 1 atom stereocenters. The minimum absolute atomic E-state index is 0.386. The predicted molar refractivity (Wildman–Crippen MR) is 116 cm³/mol. The summed E-state index contributed by atoms with van der Waals surface area (Å²) in [5, 5.41) is 0. The van der Waals surface area contributed by atoms with Crippen molar-refractivity contribution in [3.63, 3.8) is 0 Å². The smallest absolute Gasteiger partial charge is 0.0308 e. The van der Waals surface area contributed by atoms with E-state index in [4.69, 9.17) is 0 Å². The maximum Gasteiger partial charge on any atom is 0.0308 e. The van der Waals surface area contributed by atoms with Gasteiger partial charge in [-0.2, -0.15) is 0 Å². The lowest BCUT2D eigenvalue weighted by atomic mass is 9.90. The highest BCUT2D eigenvalue weighted by Crippen LogP contribution is 2.52. The second-order valence-corrected chi connectivity index (χ2v) is 7.97. The first-order valence-electron chi connectivity index (χ1n) is 9.79. The standard InChI is InChI=1S/C27H24/c1-17-12-23-16-24-15-22(19(3)27(24)26(23)13-18(17)2)14-21-10-7-11-25(21)20-8-5-4-6-9-20/h4-6,8-14,16,27H,3,7,15H2,1-2H3. The first-order chi connectivity index (χ1) is 13.1. The number of rotatable bonds is 2. The summed E-state index contributed by atoms with van der Waals surface area (Å²) in [4.78, 5) is 0. The quantitative estimate of drug-likeness (QED) is 0.544. The Kier molecular flexibility index (Phi) is 3.68. The van der Waals surface area contributed by atoms with Crippen LogP contribution in [0.4, 0.5) is 0 Å². The highest BCUT2D eigenvalue weighted by atomic mass is 14.4. The molecular formula is C27H24. The third-order valence-electron chi connectivity index (χ3n) is 6.26. The van der Waals surface area contributed by atoms with Crippen molar-refractivity contribution >= 4 is 11.6 Å². The Labute approximate surface area is 161 Å². The molecule has 0 nitrogen and oxygen atoms in total. The number of fused-ring (bicyclic) bond motifs is 3. The van der Waals surface area contributed by atoms with Crippen LogP contribution >= 0.6 is 0 Å².